The number of para-hydroxylation sites is 1. The quantitative estimate of drug-likeness (QED) is 0.258. The normalized spacial score (nSPS) is 18.3. The molecule has 1 aromatic rings. The Hall–Kier alpha value is -1.84. The number of amides is 2. The Kier molecular flexibility index (Phi) is 9.38. The zero-order valence-corrected chi connectivity index (χ0v) is 20.5. The second kappa shape index (κ2) is 11.5. The minimum atomic E-state index is 0. The number of guanidine groups is 1. The van der Waals surface area contributed by atoms with Gasteiger partial charge in [0, 0.05) is 57.3 Å². The van der Waals surface area contributed by atoms with Crippen molar-refractivity contribution in [3.05, 3.63) is 29.8 Å². The first-order valence-corrected chi connectivity index (χ1v) is 10.6. The van der Waals surface area contributed by atoms with Crippen molar-refractivity contribution < 1.29 is 9.59 Å². The van der Waals surface area contributed by atoms with Gasteiger partial charge in [0.1, 0.15) is 0 Å². The lowest BCUT2D eigenvalue weighted by Crippen LogP contribution is -2.45. The standard InChI is InChI=1S/C22H33N5O2.HI/c1-16(2)21(29)26-13-11-18(15-26)25-22(23-3)24-12-6-9-20(28)27-14-10-17-7-4-5-8-19(17)27;/h4-5,7-8,16,18H,6,9-15H2,1-3H3,(H2,23,24,25);1H. The van der Waals surface area contributed by atoms with Crippen LogP contribution in [0.5, 0.6) is 0 Å². The largest absolute Gasteiger partial charge is 0.356 e. The van der Waals surface area contributed by atoms with E-state index in [4.69, 9.17) is 0 Å². The minimum absolute atomic E-state index is 0. The summed E-state index contributed by atoms with van der Waals surface area (Å²) in [7, 11) is 1.74. The highest BCUT2D eigenvalue weighted by Gasteiger charge is 2.28. The lowest BCUT2D eigenvalue weighted by molar-refractivity contribution is -0.133. The van der Waals surface area contributed by atoms with Crippen molar-refractivity contribution in [2.45, 2.75) is 45.6 Å². The number of nitrogens with one attached hydrogen (secondary N) is 2. The maximum atomic E-state index is 12.6. The van der Waals surface area contributed by atoms with Crippen LogP contribution < -0.4 is 15.5 Å². The van der Waals surface area contributed by atoms with Crippen LogP contribution in [-0.4, -0.2) is 61.9 Å². The topological polar surface area (TPSA) is 77.0 Å². The zero-order chi connectivity index (χ0) is 20.8. The number of anilines is 1. The molecule has 0 bridgehead atoms. The molecule has 8 heteroatoms. The smallest absolute Gasteiger partial charge is 0.227 e. The number of halogens is 1. The first kappa shape index (κ1) is 24.4. The Morgan fingerprint density at radius 1 is 1.23 bits per heavy atom. The van der Waals surface area contributed by atoms with Gasteiger partial charge in [-0.15, -0.1) is 24.0 Å². The molecule has 0 aromatic heterocycles. The molecule has 1 unspecified atom stereocenters. The van der Waals surface area contributed by atoms with Crippen LogP contribution in [0, 0.1) is 5.92 Å². The number of hydrogen-bond acceptors (Lipinski definition) is 3. The Labute approximate surface area is 196 Å². The summed E-state index contributed by atoms with van der Waals surface area (Å²) in [6.45, 7) is 6.84. The number of nitrogens with zero attached hydrogens (tertiary/aromatic N) is 3. The summed E-state index contributed by atoms with van der Waals surface area (Å²) in [5.74, 6) is 1.15. The van der Waals surface area contributed by atoms with Crippen molar-refractivity contribution in [3.8, 4) is 0 Å². The van der Waals surface area contributed by atoms with Crippen molar-refractivity contribution in [2.75, 3.05) is 38.1 Å². The highest BCUT2D eigenvalue weighted by molar-refractivity contribution is 14.0. The third-order valence-corrected chi connectivity index (χ3v) is 5.61. The average molecular weight is 527 g/mol. The van der Waals surface area contributed by atoms with Gasteiger partial charge in [-0.3, -0.25) is 14.6 Å². The monoisotopic (exact) mass is 527 g/mol. The molecule has 2 amide bonds. The van der Waals surface area contributed by atoms with Crippen LogP contribution in [0.3, 0.4) is 0 Å². The third-order valence-electron chi connectivity index (χ3n) is 5.61. The van der Waals surface area contributed by atoms with Gasteiger partial charge >= 0.3 is 0 Å². The summed E-state index contributed by atoms with van der Waals surface area (Å²) in [6, 6.07) is 8.35. The Bertz CT molecular complexity index is 768. The second-order valence-electron chi connectivity index (χ2n) is 8.10. The summed E-state index contributed by atoms with van der Waals surface area (Å²) in [4.78, 5) is 32.8. The predicted octanol–water partition coefficient (Wildman–Crippen LogP) is 2.40. The van der Waals surface area contributed by atoms with E-state index in [1.165, 1.54) is 5.56 Å². The van der Waals surface area contributed by atoms with Crippen LogP contribution in [0.25, 0.3) is 0 Å². The first-order valence-electron chi connectivity index (χ1n) is 10.6. The van der Waals surface area contributed by atoms with Crippen LogP contribution in [0.4, 0.5) is 5.69 Å². The summed E-state index contributed by atoms with van der Waals surface area (Å²) in [5.41, 5.74) is 2.31. The zero-order valence-electron chi connectivity index (χ0n) is 18.2. The molecule has 2 aliphatic rings. The molecular weight excluding hydrogens is 493 g/mol. The van der Waals surface area contributed by atoms with E-state index in [0.29, 0.717) is 19.5 Å². The minimum Gasteiger partial charge on any atom is -0.356 e. The highest BCUT2D eigenvalue weighted by Crippen LogP contribution is 2.27. The molecule has 0 aliphatic carbocycles. The number of carbonyl (C=O) groups excluding carboxylic acids is 2. The molecular formula is C22H34IN5O2. The van der Waals surface area contributed by atoms with Gasteiger partial charge in [-0.2, -0.15) is 0 Å². The molecule has 1 saturated heterocycles. The van der Waals surface area contributed by atoms with E-state index in [9.17, 15) is 9.59 Å². The van der Waals surface area contributed by atoms with Crippen molar-refractivity contribution in [1.29, 1.82) is 0 Å². The molecule has 0 spiro atoms. The molecule has 7 nitrogen and oxygen atoms in total. The van der Waals surface area contributed by atoms with E-state index in [1.807, 2.05) is 41.8 Å². The maximum absolute atomic E-state index is 12.6. The molecule has 1 fully saturated rings. The van der Waals surface area contributed by atoms with Gasteiger partial charge in [-0.05, 0) is 30.9 Å². The summed E-state index contributed by atoms with van der Waals surface area (Å²) in [5, 5.41) is 6.69. The molecule has 2 aliphatic heterocycles. The van der Waals surface area contributed by atoms with E-state index in [1.54, 1.807) is 7.05 Å². The fourth-order valence-corrected chi connectivity index (χ4v) is 4.01. The number of carbonyl (C=O) groups is 2. The first-order chi connectivity index (χ1) is 14.0. The molecule has 1 aromatic carbocycles. The molecule has 2 N–H and O–H groups in total. The lowest BCUT2D eigenvalue weighted by Gasteiger charge is -2.20. The SMILES string of the molecule is CN=C(NCCCC(=O)N1CCc2ccccc21)NC1CCN(C(=O)C(C)C)C1.I. The number of aliphatic imine (C=N–C) groups is 1. The summed E-state index contributed by atoms with van der Waals surface area (Å²) >= 11 is 0. The number of rotatable bonds is 6. The van der Waals surface area contributed by atoms with E-state index in [0.717, 1.165) is 44.0 Å². The lowest BCUT2D eigenvalue weighted by atomic mass is 10.2. The van der Waals surface area contributed by atoms with Gasteiger partial charge in [0.25, 0.3) is 0 Å². The second-order valence-corrected chi connectivity index (χ2v) is 8.10. The van der Waals surface area contributed by atoms with Gasteiger partial charge in [0.05, 0.1) is 0 Å². The maximum Gasteiger partial charge on any atom is 0.227 e. The Balaban J connectivity index is 0.00000320. The van der Waals surface area contributed by atoms with Crippen molar-refractivity contribution in [1.82, 2.24) is 15.5 Å². The van der Waals surface area contributed by atoms with Crippen LogP contribution in [0.2, 0.25) is 0 Å². The van der Waals surface area contributed by atoms with E-state index < -0.39 is 0 Å². The molecule has 166 valence electrons. The Morgan fingerprint density at radius 3 is 2.73 bits per heavy atom. The van der Waals surface area contributed by atoms with Crippen LogP contribution in [0.1, 0.15) is 38.7 Å². The molecule has 30 heavy (non-hydrogen) atoms. The van der Waals surface area contributed by atoms with E-state index >= 15 is 0 Å². The van der Waals surface area contributed by atoms with E-state index in [2.05, 4.69) is 21.7 Å². The van der Waals surface area contributed by atoms with Gasteiger partial charge in [-0.25, -0.2) is 0 Å². The predicted molar refractivity (Wildman–Crippen MR) is 131 cm³/mol. The highest BCUT2D eigenvalue weighted by atomic mass is 127. The Morgan fingerprint density at radius 2 is 2.00 bits per heavy atom. The van der Waals surface area contributed by atoms with Crippen molar-refractivity contribution in [3.63, 3.8) is 0 Å². The molecule has 2 heterocycles. The number of fused-ring (bicyclic) bond motifs is 1. The van der Waals surface area contributed by atoms with Gasteiger partial charge in [0.2, 0.25) is 11.8 Å². The number of benzene rings is 1. The molecule has 0 saturated carbocycles. The van der Waals surface area contributed by atoms with Gasteiger partial charge in [-0.1, -0.05) is 32.0 Å². The van der Waals surface area contributed by atoms with E-state index in [-0.39, 0.29) is 47.8 Å². The summed E-state index contributed by atoms with van der Waals surface area (Å²) in [6.07, 6.45) is 3.12. The molecule has 0 radical (unpaired) electrons. The summed E-state index contributed by atoms with van der Waals surface area (Å²) < 4.78 is 0. The fraction of sp³-hybridized carbons (Fsp3) is 0.591. The van der Waals surface area contributed by atoms with Gasteiger partial charge < -0.3 is 20.4 Å². The number of hydrogen-bond donors (Lipinski definition) is 2. The molecule has 1 atom stereocenters. The van der Waals surface area contributed by atoms with Crippen LogP contribution >= 0.6 is 24.0 Å². The van der Waals surface area contributed by atoms with Crippen LogP contribution in [-0.2, 0) is 16.0 Å². The van der Waals surface area contributed by atoms with Crippen LogP contribution in [0.15, 0.2) is 29.3 Å². The molecule has 3 rings (SSSR count). The number of likely N-dealkylation sites (tertiary alicyclic amines) is 1. The van der Waals surface area contributed by atoms with Crippen molar-refractivity contribution >= 4 is 47.4 Å². The van der Waals surface area contributed by atoms with Gasteiger partial charge in [0.15, 0.2) is 5.96 Å². The average Bonchev–Trinajstić information content (AvgIpc) is 3.36. The van der Waals surface area contributed by atoms with Crippen molar-refractivity contribution in [2.24, 2.45) is 10.9 Å². The third kappa shape index (κ3) is 6.09. The fourth-order valence-electron chi connectivity index (χ4n) is 4.01.